The highest BCUT2D eigenvalue weighted by atomic mass is 16.5. The van der Waals surface area contributed by atoms with Gasteiger partial charge in [0.05, 0.1) is 12.1 Å². The molecule has 2 N–H and O–H groups in total. The van der Waals surface area contributed by atoms with E-state index >= 15 is 0 Å². The number of nitrogens with zero attached hydrogens (tertiary/aromatic N) is 1. The van der Waals surface area contributed by atoms with Crippen LogP contribution in [0, 0.1) is 5.92 Å². The first-order chi connectivity index (χ1) is 8.86. The maximum atomic E-state index is 11.9. The van der Waals surface area contributed by atoms with Crippen LogP contribution < -0.4 is 5.43 Å². The van der Waals surface area contributed by atoms with Gasteiger partial charge in [-0.3, -0.25) is 10.2 Å². The molecule has 1 amide bonds. The van der Waals surface area contributed by atoms with Crippen LogP contribution in [0.4, 0.5) is 0 Å². The average Bonchev–Trinajstić information content (AvgIpc) is 2.69. The molecule has 6 nitrogen and oxygen atoms in total. The summed E-state index contributed by atoms with van der Waals surface area (Å²) in [7, 11) is 0. The highest BCUT2D eigenvalue weighted by Crippen LogP contribution is 2.37. The Morgan fingerprint density at radius 1 is 1.58 bits per heavy atom. The lowest BCUT2D eigenvalue weighted by atomic mass is 9.92. The molecule has 0 radical (unpaired) electrons. The minimum atomic E-state index is -0.753. The van der Waals surface area contributed by atoms with E-state index in [4.69, 9.17) is 4.74 Å². The average molecular weight is 268 g/mol. The third-order valence-electron chi connectivity index (χ3n) is 3.60. The van der Waals surface area contributed by atoms with Crippen LogP contribution in [0.2, 0.25) is 0 Å². The minimum absolute atomic E-state index is 0.178. The smallest absolute Gasteiger partial charge is 0.347 e. The van der Waals surface area contributed by atoms with Crippen LogP contribution in [0.15, 0.2) is 11.3 Å². The van der Waals surface area contributed by atoms with Gasteiger partial charge >= 0.3 is 5.97 Å². The molecule has 0 aromatic rings. The molecule has 2 heterocycles. The highest BCUT2D eigenvalue weighted by Gasteiger charge is 2.49. The monoisotopic (exact) mass is 268 g/mol. The van der Waals surface area contributed by atoms with Crippen molar-refractivity contribution < 1.29 is 19.4 Å². The van der Waals surface area contributed by atoms with Gasteiger partial charge in [0.15, 0.2) is 5.57 Å². The molecule has 0 bridgehead atoms. The van der Waals surface area contributed by atoms with E-state index in [1.807, 2.05) is 20.8 Å². The largest absolute Gasteiger partial charge is 0.509 e. The molecular formula is C13H20N2O4. The van der Waals surface area contributed by atoms with Crippen molar-refractivity contribution in [1.82, 2.24) is 10.4 Å². The molecule has 0 aromatic carbocycles. The molecule has 1 fully saturated rings. The molecule has 1 atom stereocenters. The summed E-state index contributed by atoms with van der Waals surface area (Å²) in [4.78, 5) is 23.8. The summed E-state index contributed by atoms with van der Waals surface area (Å²) < 4.78 is 5.04. The van der Waals surface area contributed by atoms with Gasteiger partial charge in [0, 0.05) is 6.54 Å². The molecule has 1 unspecified atom stereocenters. The fraction of sp³-hybridized carbons (Fsp3) is 0.692. The van der Waals surface area contributed by atoms with E-state index in [0.717, 1.165) is 6.42 Å². The number of carbonyl (C=O) groups excluding carboxylic acids is 2. The van der Waals surface area contributed by atoms with Crippen LogP contribution in [0.5, 0.6) is 0 Å². The van der Waals surface area contributed by atoms with E-state index < -0.39 is 17.4 Å². The Labute approximate surface area is 112 Å². The van der Waals surface area contributed by atoms with Crippen molar-refractivity contribution in [2.75, 3.05) is 13.2 Å². The topological polar surface area (TPSA) is 78.9 Å². The number of hydrogen-bond acceptors (Lipinski definition) is 5. The number of nitrogens with one attached hydrogen (secondary N) is 1. The van der Waals surface area contributed by atoms with Gasteiger partial charge in [0.25, 0.3) is 5.91 Å². The Hall–Kier alpha value is -1.56. The van der Waals surface area contributed by atoms with Gasteiger partial charge in [0.1, 0.15) is 5.76 Å². The number of rotatable bonds is 3. The number of hydrogen-bond donors (Lipinski definition) is 2. The summed E-state index contributed by atoms with van der Waals surface area (Å²) in [6.07, 6.45) is 1.55. The van der Waals surface area contributed by atoms with Gasteiger partial charge in [-0.25, -0.2) is 9.80 Å². The molecule has 106 valence electrons. The fourth-order valence-electron chi connectivity index (χ4n) is 2.45. The summed E-state index contributed by atoms with van der Waals surface area (Å²) >= 11 is 0. The van der Waals surface area contributed by atoms with Gasteiger partial charge in [-0.2, -0.15) is 0 Å². The number of fused-ring (bicyclic) bond motifs is 1. The van der Waals surface area contributed by atoms with Crippen molar-refractivity contribution in [3.63, 3.8) is 0 Å². The molecule has 0 saturated carbocycles. The lowest BCUT2D eigenvalue weighted by molar-refractivity contribution is -0.144. The third kappa shape index (κ3) is 2.32. The summed E-state index contributed by atoms with van der Waals surface area (Å²) in [5.74, 6) is -1.35. The van der Waals surface area contributed by atoms with Crippen LogP contribution in [-0.2, 0) is 14.3 Å². The predicted molar refractivity (Wildman–Crippen MR) is 67.9 cm³/mol. The quantitative estimate of drug-likeness (QED) is 0.587. The zero-order valence-corrected chi connectivity index (χ0v) is 11.5. The lowest BCUT2D eigenvalue weighted by Gasteiger charge is -2.38. The van der Waals surface area contributed by atoms with E-state index in [2.05, 4.69) is 5.43 Å². The van der Waals surface area contributed by atoms with E-state index in [1.165, 1.54) is 0 Å². The molecule has 2 aliphatic rings. The molecule has 6 heteroatoms. The highest BCUT2D eigenvalue weighted by molar-refractivity contribution is 6.17. The number of aliphatic hydroxyl groups excluding tert-OH is 1. The van der Waals surface area contributed by atoms with Crippen LogP contribution in [0.3, 0.4) is 0 Å². The molecular weight excluding hydrogens is 248 g/mol. The van der Waals surface area contributed by atoms with Gasteiger partial charge in [-0.15, -0.1) is 0 Å². The number of ether oxygens (including phenoxy) is 1. The standard InChI is InChI=1S/C13H20N2O4/c1-8(2)7-19-12(18)9-10(16)13(3)5-4-6-15(13)14-11(9)17/h8,16H,4-7H2,1-3H3,(H,14,17). The number of hydrazine groups is 1. The number of carbonyl (C=O) groups is 2. The molecule has 0 spiro atoms. The molecule has 1 saturated heterocycles. The second kappa shape index (κ2) is 4.85. The van der Waals surface area contributed by atoms with Crippen molar-refractivity contribution >= 4 is 11.9 Å². The summed E-state index contributed by atoms with van der Waals surface area (Å²) in [5.41, 5.74) is 1.69. The number of amides is 1. The first-order valence-electron chi connectivity index (χ1n) is 6.55. The van der Waals surface area contributed by atoms with Crippen molar-refractivity contribution in [3.05, 3.63) is 11.3 Å². The first kappa shape index (κ1) is 13.9. The van der Waals surface area contributed by atoms with Crippen molar-refractivity contribution in [2.45, 2.75) is 39.2 Å². The Bertz CT molecular complexity index is 444. The van der Waals surface area contributed by atoms with Crippen LogP contribution in [0.1, 0.15) is 33.6 Å². The Morgan fingerprint density at radius 2 is 2.26 bits per heavy atom. The van der Waals surface area contributed by atoms with Crippen LogP contribution in [-0.4, -0.2) is 40.7 Å². The molecule has 2 aliphatic heterocycles. The van der Waals surface area contributed by atoms with E-state index in [1.54, 1.807) is 5.01 Å². The fourth-order valence-corrected chi connectivity index (χ4v) is 2.45. The Kier molecular flexibility index (Phi) is 3.54. The van der Waals surface area contributed by atoms with Crippen molar-refractivity contribution in [1.29, 1.82) is 0 Å². The van der Waals surface area contributed by atoms with E-state index in [0.29, 0.717) is 13.0 Å². The van der Waals surface area contributed by atoms with E-state index in [9.17, 15) is 14.7 Å². The summed E-state index contributed by atoms with van der Waals surface area (Å²) in [6, 6.07) is 0. The zero-order chi connectivity index (χ0) is 14.2. The molecule has 0 aliphatic carbocycles. The van der Waals surface area contributed by atoms with Crippen LogP contribution in [0.25, 0.3) is 0 Å². The molecule has 19 heavy (non-hydrogen) atoms. The Morgan fingerprint density at radius 3 is 2.89 bits per heavy atom. The number of aliphatic hydroxyl groups is 1. The lowest BCUT2D eigenvalue weighted by Crippen LogP contribution is -2.58. The minimum Gasteiger partial charge on any atom is -0.509 e. The molecule has 2 rings (SSSR count). The molecule has 0 aromatic heterocycles. The van der Waals surface area contributed by atoms with E-state index in [-0.39, 0.29) is 23.9 Å². The summed E-state index contributed by atoms with van der Waals surface area (Å²) in [6.45, 7) is 6.51. The first-order valence-corrected chi connectivity index (χ1v) is 6.55. The van der Waals surface area contributed by atoms with Crippen LogP contribution >= 0.6 is 0 Å². The second-order valence-corrected chi connectivity index (χ2v) is 5.69. The number of esters is 1. The third-order valence-corrected chi connectivity index (χ3v) is 3.60. The zero-order valence-electron chi connectivity index (χ0n) is 11.5. The van der Waals surface area contributed by atoms with Gasteiger partial charge in [0.2, 0.25) is 0 Å². The van der Waals surface area contributed by atoms with Crippen molar-refractivity contribution in [3.8, 4) is 0 Å². The predicted octanol–water partition coefficient (Wildman–Crippen LogP) is 0.897. The SMILES string of the molecule is CC(C)COC(=O)C1=C(O)C2(C)CCCN2NC1=O. The second-order valence-electron chi connectivity index (χ2n) is 5.69. The maximum Gasteiger partial charge on any atom is 0.347 e. The van der Waals surface area contributed by atoms with Gasteiger partial charge in [-0.05, 0) is 25.7 Å². The van der Waals surface area contributed by atoms with Gasteiger partial charge < -0.3 is 9.84 Å². The maximum absolute atomic E-state index is 11.9. The Balaban J connectivity index is 2.26. The van der Waals surface area contributed by atoms with Gasteiger partial charge in [-0.1, -0.05) is 13.8 Å². The summed E-state index contributed by atoms with van der Waals surface area (Å²) in [5, 5.41) is 12.0. The van der Waals surface area contributed by atoms with Crippen molar-refractivity contribution in [2.24, 2.45) is 5.92 Å². The normalized spacial score (nSPS) is 27.5.